The summed E-state index contributed by atoms with van der Waals surface area (Å²) in [6, 6.07) is 10.9. The number of rotatable bonds is 6. The van der Waals surface area contributed by atoms with Gasteiger partial charge in [0.05, 0.1) is 13.7 Å². The largest absolute Gasteiger partial charge is 0.495 e. The molecule has 0 saturated heterocycles. The number of methoxy groups -OCH3 is 1. The zero-order valence-corrected chi connectivity index (χ0v) is 14.7. The molecule has 0 fully saturated rings. The van der Waals surface area contributed by atoms with E-state index in [1.165, 1.54) is 25.3 Å². The van der Waals surface area contributed by atoms with E-state index in [1.807, 2.05) is 0 Å². The van der Waals surface area contributed by atoms with Crippen molar-refractivity contribution in [2.75, 3.05) is 20.3 Å². The number of para-hydroxylation sites is 1. The van der Waals surface area contributed by atoms with Gasteiger partial charge < -0.3 is 9.47 Å². The Labute approximate surface area is 146 Å². The van der Waals surface area contributed by atoms with Crippen molar-refractivity contribution in [2.45, 2.75) is 11.8 Å². The number of nitrogens with one attached hydrogen (secondary N) is 1. The first-order valence-electron chi connectivity index (χ1n) is 7.41. The molecule has 0 unspecified atom stereocenters. The van der Waals surface area contributed by atoms with Gasteiger partial charge in [-0.15, -0.1) is 0 Å². The monoisotopic (exact) mass is 363 g/mol. The molecule has 0 radical (unpaired) electrons. The van der Waals surface area contributed by atoms with Gasteiger partial charge in [0.25, 0.3) is 0 Å². The van der Waals surface area contributed by atoms with Crippen molar-refractivity contribution in [1.82, 2.24) is 4.72 Å². The highest BCUT2D eigenvalue weighted by atomic mass is 32.2. The lowest BCUT2D eigenvalue weighted by Gasteiger charge is -2.10. The first-order valence-corrected chi connectivity index (χ1v) is 8.89. The van der Waals surface area contributed by atoms with Crippen LogP contribution in [0.4, 0.5) is 4.39 Å². The Morgan fingerprint density at radius 3 is 2.60 bits per heavy atom. The van der Waals surface area contributed by atoms with Crippen molar-refractivity contribution in [3.05, 3.63) is 53.8 Å². The Morgan fingerprint density at radius 2 is 1.88 bits per heavy atom. The van der Waals surface area contributed by atoms with Crippen LogP contribution in [0.3, 0.4) is 0 Å². The Bertz CT molecular complexity index is 901. The highest BCUT2D eigenvalue weighted by Crippen LogP contribution is 2.24. The van der Waals surface area contributed by atoms with Crippen molar-refractivity contribution >= 4 is 10.0 Å². The fourth-order valence-corrected chi connectivity index (χ4v) is 3.17. The van der Waals surface area contributed by atoms with E-state index in [-0.39, 0.29) is 29.5 Å². The highest BCUT2D eigenvalue weighted by Gasteiger charge is 2.18. The fourth-order valence-electron chi connectivity index (χ4n) is 1.99. The zero-order chi connectivity index (χ0) is 18.3. The summed E-state index contributed by atoms with van der Waals surface area (Å²) >= 11 is 0. The van der Waals surface area contributed by atoms with Gasteiger partial charge in [-0.25, -0.2) is 12.8 Å². The van der Waals surface area contributed by atoms with Gasteiger partial charge in [-0.1, -0.05) is 30.0 Å². The van der Waals surface area contributed by atoms with Crippen LogP contribution < -0.4 is 14.2 Å². The molecule has 0 aliphatic rings. The molecule has 132 valence electrons. The molecule has 0 aliphatic carbocycles. The third kappa shape index (κ3) is 5.21. The molecule has 2 aromatic carbocycles. The van der Waals surface area contributed by atoms with Crippen LogP contribution in [0.15, 0.2) is 47.4 Å². The Balaban J connectivity index is 1.93. The smallest absolute Gasteiger partial charge is 0.245 e. The van der Waals surface area contributed by atoms with Crippen LogP contribution >= 0.6 is 0 Å². The molecule has 7 heteroatoms. The molecule has 0 saturated carbocycles. The number of benzene rings is 2. The number of ether oxygens (including phenoxy) is 2. The molecule has 5 nitrogen and oxygen atoms in total. The van der Waals surface area contributed by atoms with Gasteiger partial charge >= 0.3 is 0 Å². The van der Waals surface area contributed by atoms with Gasteiger partial charge in [-0.05, 0) is 36.8 Å². The topological polar surface area (TPSA) is 64.6 Å². The summed E-state index contributed by atoms with van der Waals surface area (Å²) in [5, 5.41) is 0. The predicted molar refractivity (Wildman–Crippen MR) is 92.6 cm³/mol. The van der Waals surface area contributed by atoms with E-state index in [0.717, 1.165) is 5.56 Å². The number of sulfonamides is 1. The van der Waals surface area contributed by atoms with Crippen molar-refractivity contribution in [2.24, 2.45) is 0 Å². The highest BCUT2D eigenvalue weighted by molar-refractivity contribution is 7.89. The van der Waals surface area contributed by atoms with Crippen LogP contribution in [-0.2, 0) is 10.0 Å². The number of halogens is 1. The van der Waals surface area contributed by atoms with Gasteiger partial charge in [0, 0.05) is 0 Å². The summed E-state index contributed by atoms with van der Waals surface area (Å²) in [6.45, 7) is 1.65. The quantitative estimate of drug-likeness (QED) is 0.801. The van der Waals surface area contributed by atoms with E-state index in [9.17, 15) is 12.8 Å². The van der Waals surface area contributed by atoms with Crippen LogP contribution in [-0.4, -0.2) is 28.7 Å². The van der Waals surface area contributed by atoms with Gasteiger partial charge in [0.15, 0.2) is 11.6 Å². The van der Waals surface area contributed by atoms with Gasteiger partial charge in [-0.2, -0.15) is 4.72 Å². The van der Waals surface area contributed by atoms with Crippen LogP contribution in [0.25, 0.3) is 0 Å². The summed E-state index contributed by atoms with van der Waals surface area (Å²) in [4.78, 5) is 0.0550. The van der Waals surface area contributed by atoms with Crippen LogP contribution in [0.1, 0.15) is 5.56 Å². The van der Waals surface area contributed by atoms with Gasteiger partial charge in [-0.3, -0.25) is 0 Å². The molecule has 0 aromatic heterocycles. The van der Waals surface area contributed by atoms with Crippen molar-refractivity contribution in [1.29, 1.82) is 0 Å². The van der Waals surface area contributed by atoms with Crippen molar-refractivity contribution in [3.63, 3.8) is 0 Å². The normalized spacial score (nSPS) is 10.7. The Morgan fingerprint density at radius 1 is 1.12 bits per heavy atom. The average Bonchev–Trinajstić information content (AvgIpc) is 2.59. The summed E-state index contributed by atoms with van der Waals surface area (Å²) in [5.74, 6) is 5.13. The lowest BCUT2D eigenvalue weighted by atomic mass is 10.2. The van der Waals surface area contributed by atoms with Crippen LogP contribution in [0, 0.1) is 24.6 Å². The van der Waals surface area contributed by atoms with E-state index in [0.29, 0.717) is 0 Å². The molecular weight excluding hydrogens is 345 g/mol. The summed E-state index contributed by atoms with van der Waals surface area (Å²) in [5.41, 5.74) is 0.797. The lowest BCUT2D eigenvalue weighted by molar-refractivity contribution is 0.348. The summed E-state index contributed by atoms with van der Waals surface area (Å²) in [7, 11) is -2.34. The van der Waals surface area contributed by atoms with Crippen molar-refractivity contribution in [3.8, 4) is 23.3 Å². The Kier molecular flexibility index (Phi) is 6.39. The molecule has 2 rings (SSSR count). The number of hydrogen-bond acceptors (Lipinski definition) is 4. The molecule has 0 bridgehead atoms. The van der Waals surface area contributed by atoms with Crippen LogP contribution in [0.5, 0.6) is 11.5 Å². The lowest BCUT2D eigenvalue weighted by Crippen LogP contribution is -2.24. The van der Waals surface area contributed by atoms with E-state index >= 15 is 0 Å². The summed E-state index contributed by atoms with van der Waals surface area (Å²) < 4.78 is 50.6. The molecule has 0 aliphatic heterocycles. The maximum atomic E-state index is 13.3. The standard InChI is InChI=1S/C18H18FNO4S/c1-14-9-10-17(23-2)18(13-14)25(21,22)20-11-5-6-12-24-16-8-4-3-7-15(16)19/h3-4,7-10,13,20H,11-12H2,1-2H3. The predicted octanol–water partition coefficient (Wildman–Crippen LogP) is 2.50. The molecule has 25 heavy (non-hydrogen) atoms. The van der Waals surface area contributed by atoms with E-state index in [4.69, 9.17) is 9.47 Å². The SMILES string of the molecule is COc1ccc(C)cc1S(=O)(=O)NCC#CCOc1ccccc1F. The molecule has 0 heterocycles. The zero-order valence-electron chi connectivity index (χ0n) is 13.9. The molecule has 0 amide bonds. The third-order valence-corrected chi connectivity index (χ3v) is 4.64. The van der Waals surface area contributed by atoms with Crippen LogP contribution in [0.2, 0.25) is 0 Å². The van der Waals surface area contributed by atoms with E-state index in [1.54, 1.807) is 31.2 Å². The average molecular weight is 363 g/mol. The third-order valence-electron chi connectivity index (χ3n) is 3.22. The van der Waals surface area contributed by atoms with Gasteiger partial charge in [0.1, 0.15) is 17.3 Å². The maximum Gasteiger partial charge on any atom is 0.245 e. The van der Waals surface area contributed by atoms with E-state index in [2.05, 4.69) is 16.6 Å². The van der Waals surface area contributed by atoms with E-state index < -0.39 is 15.8 Å². The minimum Gasteiger partial charge on any atom is -0.495 e. The first-order chi connectivity index (χ1) is 11.9. The Hall–Kier alpha value is -2.56. The molecule has 0 atom stereocenters. The second kappa shape index (κ2) is 8.51. The number of aryl methyl sites for hydroxylation is 1. The molecular formula is C18H18FNO4S. The second-order valence-electron chi connectivity index (χ2n) is 5.05. The van der Waals surface area contributed by atoms with Gasteiger partial charge in [0.2, 0.25) is 10.0 Å². The van der Waals surface area contributed by atoms with Crippen molar-refractivity contribution < 1.29 is 22.3 Å². The minimum atomic E-state index is -3.75. The second-order valence-corrected chi connectivity index (χ2v) is 6.79. The molecule has 0 spiro atoms. The molecule has 2 aromatic rings. The maximum absolute atomic E-state index is 13.3. The summed E-state index contributed by atoms with van der Waals surface area (Å²) in [6.07, 6.45) is 0. The first kappa shape index (κ1) is 18.8. The fraction of sp³-hybridized carbons (Fsp3) is 0.222. The number of hydrogen-bond donors (Lipinski definition) is 1. The minimum absolute atomic E-state index is 0.0452. The molecule has 1 N–H and O–H groups in total.